The molecule has 0 saturated heterocycles. The molecule has 304 valence electrons. The lowest BCUT2D eigenvalue weighted by Gasteiger charge is -2.40. The van der Waals surface area contributed by atoms with Crippen LogP contribution in [-0.4, -0.2) is 9.13 Å². The summed E-state index contributed by atoms with van der Waals surface area (Å²) in [5.74, 6) is 1.75. The van der Waals surface area contributed by atoms with Gasteiger partial charge in [0.15, 0.2) is 11.5 Å². The van der Waals surface area contributed by atoms with Crippen molar-refractivity contribution in [3.05, 3.63) is 210 Å². The highest BCUT2D eigenvalue weighted by molar-refractivity contribution is 6.11. The normalized spacial score (nSPS) is 14.9. The smallest absolute Gasteiger partial charge is 0.151 e. The van der Waals surface area contributed by atoms with Gasteiger partial charge in [-0.25, -0.2) is 0 Å². The number of fused-ring (bicyclic) bond motifs is 16. The molecule has 1 aliphatic heterocycles. The van der Waals surface area contributed by atoms with Crippen LogP contribution in [0.3, 0.4) is 0 Å². The highest BCUT2D eigenvalue weighted by Gasteiger charge is 2.46. The van der Waals surface area contributed by atoms with Gasteiger partial charge in [-0.05, 0) is 117 Å². The molecule has 0 saturated carbocycles. The molecule has 0 fully saturated rings. The molecule has 0 N–H and O–H groups in total. The first kappa shape index (κ1) is 35.7. The van der Waals surface area contributed by atoms with E-state index in [1.807, 2.05) is 0 Å². The Bertz CT molecular complexity index is 3490. The summed E-state index contributed by atoms with van der Waals surface area (Å²) in [5.41, 5.74) is 20.1. The topological polar surface area (TPSA) is 22.3 Å². The number of para-hydroxylation sites is 5. The number of aromatic nitrogens is 2. The second-order valence-corrected chi connectivity index (χ2v) is 18.9. The lowest BCUT2D eigenvalue weighted by molar-refractivity contribution is 0.472. The van der Waals surface area contributed by atoms with Crippen molar-refractivity contribution >= 4 is 60.7 Å². The summed E-state index contributed by atoms with van der Waals surface area (Å²) in [4.78, 5) is 2.54. The molecule has 0 amide bonds. The summed E-state index contributed by atoms with van der Waals surface area (Å²) in [6, 6.07) is 69.2. The van der Waals surface area contributed by atoms with E-state index in [0.717, 1.165) is 28.6 Å². The first-order chi connectivity index (χ1) is 31.3. The predicted octanol–water partition coefficient (Wildman–Crippen LogP) is 16.1. The number of rotatable bonds is 3. The molecule has 3 aliphatic rings. The molecule has 0 radical (unpaired) electrons. The fourth-order valence-corrected chi connectivity index (χ4v) is 12.0. The molecular formula is C60H43N3O. The van der Waals surface area contributed by atoms with Gasteiger partial charge in [0.2, 0.25) is 0 Å². The van der Waals surface area contributed by atoms with Crippen LogP contribution in [0.15, 0.2) is 188 Å². The average Bonchev–Trinajstić information content (AvgIpc) is 3.99. The Hall–Kier alpha value is -7.82. The summed E-state index contributed by atoms with van der Waals surface area (Å²) in [5, 5.41) is 5.07. The Labute approximate surface area is 371 Å². The Morgan fingerprint density at radius 3 is 1.11 bits per heavy atom. The van der Waals surface area contributed by atoms with Crippen LogP contribution in [0.25, 0.3) is 77.2 Å². The quantitative estimate of drug-likeness (QED) is 0.177. The van der Waals surface area contributed by atoms with Crippen LogP contribution in [0.5, 0.6) is 11.5 Å². The van der Waals surface area contributed by atoms with E-state index < -0.39 is 0 Å². The van der Waals surface area contributed by atoms with Gasteiger partial charge in [-0.2, -0.15) is 0 Å². The van der Waals surface area contributed by atoms with Crippen molar-refractivity contribution in [2.75, 3.05) is 4.90 Å². The van der Waals surface area contributed by atoms with Crippen molar-refractivity contribution in [1.29, 1.82) is 0 Å². The largest absolute Gasteiger partial charge is 0.453 e. The van der Waals surface area contributed by atoms with Crippen LogP contribution < -0.4 is 9.64 Å². The first-order valence-electron chi connectivity index (χ1n) is 22.4. The maximum absolute atomic E-state index is 7.17. The highest BCUT2D eigenvalue weighted by Crippen LogP contribution is 2.65. The molecule has 4 nitrogen and oxygen atoms in total. The van der Waals surface area contributed by atoms with Crippen molar-refractivity contribution in [1.82, 2.24) is 9.13 Å². The molecule has 0 unspecified atom stereocenters. The van der Waals surface area contributed by atoms with E-state index in [-0.39, 0.29) is 10.8 Å². The molecule has 3 heterocycles. The predicted molar refractivity (Wildman–Crippen MR) is 265 cm³/mol. The van der Waals surface area contributed by atoms with Gasteiger partial charge < -0.3 is 18.8 Å². The minimum absolute atomic E-state index is 0.355. The lowest BCUT2D eigenvalue weighted by Crippen LogP contribution is -2.26. The lowest BCUT2D eigenvalue weighted by atomic mass is 9.79. The fourth-order valence-electron chi connectivity index (χ4n) is 12.0. The second kappa shape index (κ2) is 12.4. The molecule has 4 heteroatoms. The maximum Gasteiger partial charge on any atom is 0.151 e. The highest BCUT2D eigenvalue weighted by atomic mass is 16.5. The minimum Gasteiger partial charge on any atom is -0.453 e. The SMILES string of the molecule is CC1(C)c2cc(-n3c4ccccc4c4ccccc43)ccc2-c2ccc3c(c21)N(c1ccccc1)c1c(ccc2c1C(C)(C)c1cc(-n4c5ccccc5c5ccccc54)ccc1-2)O3. The van der Waals surface area contributed by atoms with Gasteiger partial charge in [0.05, 0.1) is 33.4 Å². The Morgan fingerprint density at radius 1 is 0.344 bits per heavy atom. The van der Waals surface area contributed by atoms with Crippen LogP contribution in [0.4, 0.5) is 17.1 Å². The van der Waals surface area contributed by atoms with Gasteiger partial charge in [0.25, 0.3) is 0 Å². The van der Waals surface area contributed by atoms with E-state index in [2.05, 4.69) is 230 Å². The third-order valence-corrected chi connectivity index (χ3v) is 14.8. The third-order valence-electron chi connectivity index (χ3n) is 14.8. The third kappa shape index (κ3) is 4.52. The molecule has 9 aromatic carbocycles. The van der Waals surface area contributed by atoms with E-state index in [4.69, 9.17) is 4.74 Å². The van der Waals surface area contributed by atoms with Crippen LogP contribution in [-0.2, 0) is 10.8 Å². The minimum atomic E-state index is -0.355. The monoisotopic (exact) mass is 821 g/mol. The van der Waals surface area contributed by atoms with Crippen molar-refractivity contribution in [2.45, 2.75) is 38.5 Å². The van der Waals surface area contributed by atoms with Crippen molar-refractivity contribution in [3.63, 3.8) is 0 Å². The van der Waals surface area contributed by atoms with Crippen LogP contribution in [0, 0.1) is 0 Å². The van der Waals surface area contributed by atoms with E-state index >= 15 is 0 Å². The molecule has 11 aromatic rings. The Kier molecular flexibility index (Phi) is 6.94. The fraction of sp³-hybridized carbons (Fsp3) is 0.100. The second-order valence-electron chi connectivity index (χ2n) is 18.9. The van der Waals surface area contributed by atoms with Gasteiger partial charge in [0.1, 0.15) is 0 Å². The summed E-state index contributed by atoms with van der Waals surface area (Å²) in [7, 11) is 0. The van der Waals surface area contributed by atoms with Crippen molar-refractivity contribution in [3.8, 4) is 45.1 Å². The Morgan fingerprint density at radius 2 is 0.703 bits per heavy atom. The van der Waals surface area contributed by atoms with Crippen molar-refractivity contribution in [2.24, 2.45) is 0 Å². The zero-order valence-corrected chi connectivity index (χ0v) is 36.1. The van der Waals surface area contributed by atoms with E-state index in [1.165, 1.54) is 99.5 Å². The van der Waals surface area contributed by atoms with Gasteiger partial charge >= 0.3 is 0 Å². The van der Waals surface area contributed by atoms with Gasteiger partial charge in [-0.1, -0.05) is 143 Å². The van der Waals surface area contributed by atoms with E-state index in [0.29, 0.717) is 0 Å². The molecule has 2 aliphatic carbocycles. The van der Waals surface area contributed by atoms with Gasteiger partial charge in [0, 0.05) is 49.4 Å². The molecule has 0 spiro atoms. The summed E-state index contributed by atoms with van der Waals surface area (Å²) >= 11 is 0. The maximum atomic E-state index is 7.17. The zero-order chi connectivity index (χ0) is 42.6. The molecule has 0 bridgehead atoms. The van der Waals surface area contributed by atoms with Gasteiger partial charge in [-0.3, -0.25) is 0 Å². The first-order valence-corrected chi connectivity index (χ1v) is 22.4. The number of benzene rings is 9. The van der Waals surface area contributed by atoms with Crippen LogP contribution in [0.2, 0.25) is 0 Å². The number of nitrogens with zero attached hydrogens (tertiary/aromatic N) is 3. The summed E-state index contributed by atoms with van der Waals surface area (Å²) in [6.45, 7) is 9.60. The Balaban J connectivity index is 0.959. The standard InChI is InChI=1S/C60H43N3O/c1-59(2)47-34-37(61-49-22-12-8-18-41(49)42-19-9-13-23-50(42)61)26-28-39(47)45-30-32-53-57(55(45)59)63(36-16-6-5-7-17-36)58-54(64-53)33-31-46-40-29-27-38(35-48(40)60(3,4)56(46)58)62-51-24-14-10-20-43(51)44-21-11-15-25-52(44)62/h5-35H,1-4H3. The number of ether oxygens (including phenoxy) is 1. The van der Waals surface area contributed by atoms with Crippen LogP contribution in [0.1, 0.15) is 49.9 Å². The molecular weight excluding hydrogens is 779 g/mol. The number of hydrogen-bond acceptors (Lipinski definition) is 2. The van der Waals surface area contributed by atoms with E-state index in [9.17, 15) is 0 Å². The summed E-state index contributed by atoms with van der Waals surface area (Å²) < 4.78 is 12.0. The van der Waals surface area contributed by atoms with Gasteiger partial charge in [-0.15, -0.1) is 0 Å². The molecule has 2 aromatic heterocycles. The molecule has 0 atom stereocenters. The average molecular weight is 822 g/mol. The van der Waals surface area contributed by atoms with E-state index in [1.54, 1.807) is 0 Å². The van der Waals surface area contributed by atoms with Crippen molar-refractivity contribution < 1.29 is 4.74 Å². The van der Waals surface area contributed by atoms with Crippen LogP contribution >= 0.6 is 0 Å². The number of anilines is 3. The molecule has 64 heavy (non-hydrogen) atoms. The summed E-state index contributed by atoms with van der Waals surface area (Å²) in [6.07, 6.45) is 0. The molecule has 14 rings (SSSR count). The zero-order valence-electron chi connectivity index (χ0n) is 36.1. The number of hydrogen-bond donors (Lipinski definition) is 0.